The molecule has 2 aromatic carbocycles. The highest BCUT2D eigenvalue weighted by atomic mass is 35.5. The van der Waals surface area contributed by atoms with E-state index in [2.05, 4.69) is 18.2 Å². The van der Waals surface area contributed by atoms with Crippen molar-refractivity contribution < 1.29 is 9.13 Å². The first-order valence-electron chi connectivity index (χ1n) is 10.7. The highest BCUT2D eigenvalue weighted by Gasteiger charge is 2.23. The normalized spacial score (nSPS) is 12.4. The predicted molar refractivity (Wildman–Crippen MR) is 141 cm³/mol. The highest BCUT2D eigenvalue weighted by Crippen LogP contribution is 2.38. The molecular formula is C26H29Cl2FN2OS. The number of rotatable bonds is 9. The van der Waals surface area contributed by atoms with E-state index in [-0.39, 0.29) is 30.2 Å². The van der Waals surface area contributed by atoms with Gasteiger partial charge in [-0.2, -0.15) is 0 Å². The lowest BCUT2D eigenvalue weighted by atomic mass is 9.87. The third-order valence-corrected chi connectivity index (χ3v) is 6.78. The Morgan fingerprint density at radius 2 is 1.94 bits per heavy atom. The predicted octanol–water partition coefficient (Wildman–Crippen LogP) is 8.04. The largest absolute Gasteiger partial charge is 0.496 e. The van der Waals surface area contributed by atoms with Gasteiger partial charge in [0, 0.05) is 16.4 Å². The summed E-state index contributed by atoms with van der Waals surface area (Å²) in [6.07, 6.45) is 8.95. The molecule has 7 heteroatoms. The van der Waals surface area contributed by atoms with Gasteiger partial charge in [0.2, 0.25) is 0 Å². The molecule has 0 aliphatic carbocycles. The van der Waals surface area contributed by atoms with Crippen LogP contribution in [0.3, 0.4) is 0 Å². The van der Waals surface area contributed by atoms with E-state index in [1.807, 2.05) is 38.1 Å². The lowest BCUT2D eigenvalue weighted by molar-refractivity contribution is 0.412. The maximum atomic E-state index is 13.5. The number of thiazole rings is 1. The summed E-state index contributed by atoms with van der Waals surface area (Å²) in [4.78, 5) is 5.87. The second-order valence-corrected chi connectivity index (χ2v) is 9.42. The van der Waals surface area contributed by atoms with E-state index in [1.165, 1.54) is 12.1 Å². The molecule has 0 aliphatic rings. The Balaban J connectivity index is 0.00000385. The van der Waals surface area contributed by atoms with Gasteiger partial charge in [-0.1, -0.05) is 49.4 Å². The molecule has 0 aliphatic heterocycles. The SMILES string of the molecule is C#CC(Nc1nc(-c2cc(C)c(OC)cc2Cl)c(C)s1)C(CCCC)c1ccc(F)cc1.Cl. The number of terminal acetylenes is 1. The molecule has 2 unspecified atom stereocenters. The average Bonchev–Trinajstić information content (AvgIpc) is 3.15. The van der Waals surface area contributed by atoms with Gasteiger partial charge in [0.05, 0.1) is 23.9 Å². The van der Waals surface area contributed by atoms with Crippen molar-refractivity contribution in [2.24, 2.45) is 0 Å². The topological polar surface area (TPSA) is 34.2 Å². The van der Waals surface area contributed by atoms with E-state index in [9.17, 15) is 4.39 Å². The van der Waals surface area contributed by atoms with E-state index in [1.54, 1.807) is 18.4 Å². The molecule has 176 valence electrons. The van der Waals surface area contributed by atoms with Crippen LogP contribution in [0, 0.1) is 32.0 Å². The van der Waals surface area contributed by atoms with Crippen molar-refractivity contribution in [2.75, 3.05) is 12.4 Å². The Hall–Kier alpha value is -2.26. The van der Waals surface area contributed by atoms with Gasteiger partial charge < -0.3 is 10.1 Å². The van der Waals surface area contributed by atoms with Crippen LogP contribution in [0.1, 0.15) is 48.1 Å². The third kappa shape index (κ3) is 6.41. The summed E-state index contributed by atoms with van der Waals surface area (Å²) in [6.45, 7) is 6.15. The zero-order valence-corrected chi connectivity index (χ0v) is 21.6. The number of unbranched alkanes of at least 4 members (excludes halogenated alkanes) is 1. The molecule has 33 heavy (non-hydrogen) atoms. The molecule has 0 radical (unpaired) electrons. The summed E-state index contributed by atoms with van der Waals surface area (Å²) in [6, 6.07) is 10.2. The number of hydrogen-bond acceptors (Lipinski definition) is 4. The van der Waals surface area contributed by atoms with Gasteiger partial charge in [0.1, 0.15) is 11.6 Å². The maximum absolute atomic E-state index is 13.5. The molecule has 1 aromatic heterocycles. The van der Waals surface area contributed by atoms with Gasteiger partial charge in [-0.15, -0.1) is 30.2 Å². The summed E-state index contributed by atoms with van der Waals surface area (Å²) in [5.41, 5.74) is 3.71. The van der Waals surface area contributed by atoms with Gasteiger partial charge in [-0.3, -0.25) is 0 Å². The standard InChI is InChI=1S/C26H28ClFN2OS.ClH/c1-6-8-9-20(18-10-12-19(28)13-11-18)23(7-2)29-26-30-25(17(4)32-26)21-14-16(3)24(31-5)15-22(21)27;/h2,10-15,20,23H,6,8-9H2,1,3-5H3,(H,29,30);1H. The minimum atomic E-state index is -0.265. The lowest BCUT2D eigenvalue weighted by Gasteiger charge is -2.24. The molecule has 2 atom stereocenters. The molecule has 1 heterocycles. The fourth-order valence-corrected chi connectivity index (χ4v) is 4.93. The Kier molecular flexibility index (Phi) is 10.0. The van der Waals surface area contributed by atoms with Crippen LogP contribution >= 0.6 is 35.3 Å². The van der Waals surface area contributed by atoms with Crippen LogP contribution in [0.25, 0.3) is 11.3 Å². The second-order valence-electron chi connectivity index (χ2n) is 7.81. The summed E-state index contributed by atoms with van der Waals surface area (Å²) >= 11 is 8.08. The third-order valence-electron chi connectivity index (χ3n) is 5.56. The Morgan fingerprint density at radius 1 is 1.24 bits per heavy atom. The Labute approximate surface area is 211 Å². The molecule has 0 amide bonds. The van der Waals surface area contributed by atoms with Gasteiger partial charge in [0.15, 0.2) is 5.13 Å². The quantitative estimate of drug-likeness (QED) is 0.298. The molecule has 0 bridgehead atoms. The number of anilines is 1. The van der Waals surface area contributed by atoms with Crippen LogP contribution < -0.4 is 10.1 Å². The average molecular weight is 508 g/mol. The second kappa shape index (κ2) is 12.3. The van der Waals surface area contributed by atoms with Crippen LogP contribution in [0.15, 0.2) is 36.4 Å². The van der Waals surface area contributed by atoms with Crippen molar-refractivity contribution in [1.82, 2.24) is 4.98 Å². The minimum Gasteiger partial charge on any atom is -0.496 e. The van der Waals surface area contributed by atoms with Crippen molar-refractivity contribution in [3.8, 4) is 29.4 Å². The van der Waals surface area contributed by atoms with Crippen molar-refractivity contribution in [3.63, 3.8) is 0 Å². The molecule has 3 aromatic rings. The van der Waals surface area contributed by atoms with Crippen molar-refractivity contribution in [3.05, 3.63) is 63.2 Å². The number of aromatic nitrogens is 1. The molecule has 0 saturated heterocycles. The molecule has 0 saturated carbocycles. The number of hydrogen-bond donors (Lipinski definition) is 1. The van der Waals surface area contributed by atoms with Crippen LogP contribution in [0.5, 0.6) is 5.75 Å². The number of methoxy groups -OCH3 is 1. The van der Waals surface area contributed by atoms with Gasteiger partial charge in [-0.25, -0.2) is 9.37 Å². The summed E-state index contributed by atoms with van der Waals surface area (Å²) in [5.74, 6) is 3.45. The Bertz CT molecular complexity index is 1110. The van der Waals surface area contributed by atoms with Gasteiger partial charge in [-0.05, 0) is 55.7 Å². The Morgan fingerprint density at radius 3 is 2.55 bits per heavy atom. The number of ether oxygens (including phenoxy) is 1. The van der Waals surface area contributed by atoms with E-state index < -0.39 is 0 Å². The summed E-state index contributed by atoms with van der Waals surface area (Å²) in [7, 11) is 1.63. The van der Waals surface area contributed by atoms with Gasteiger partial charge >= 0.3 is 0 Å². The van der Waals surface area contributed by atoms with Crippen LogP contribution in [-0.2, 0) is 0 Å². The fourth-order valence-electron chi connectivity index (χ4n) is 3.82. The first-order valence-corrected chi connectivity index (χ1v) is 11.9. The van der Waals surface area contributed by atoms with E-state index in [0.29, 0.717) is 5.02 Å². The molecule has 0 spiro atoms. The molecule has 3 nitrogen and oxygen atoms in total. The fraction of sp³-hybridized carbons (Fsp3) is 0.346. The van der Waals surface area contributed by atoms with E-state index in [4.69, 9.17) is 27.7 Å². The van der Waals surface area contributed by atoms with Crippen molar-refractivity contribution in [1.29, 1.82) is 0 Å². The van der Waals surface area contributed by atoms with Crippen LogP contribution in [0.4, 0.5) is 9.52 Å². The van der Waals surface area contributed by atoms with Gasteiger partial charge in [0.25, 0.3) is 0 Å². The highest BCUT2D eigenvalue weighted by molar-refractivity contribution is 7.16. The van der Waals surface area contributed by atoms with Crippen LogP contribution in [-0.4, -0.2) is 18.1 Å². The zero-order chi connectivity index (χ0) is 23.3. The summed E-state index contributed by atoms with van der Waals surface area (Å²) in [5, 5.41) is 4.78. The maximum Gasteiger partial charge on any atom is 0.184 e. The molecule has 3 rings (SSSR count). The van der Waals surface area contributed by atoms with Crippen molar-refractivity contribution in [2.45, 2.75) is 52.0 Å². The number of nitrogens with one attached hydrogen (secondary N) is 1. The number of nitrogens with zero attached hydrogens (tertiary/aromatic N) is 1. The number of aryl methyl sites for hydroxylation is 2. The monoisotopic (exact) mass is 506 g/mol. The van der Waals surface area contributed by atoms with Crippen LogP contribution in [0.2, 0.25) is 5.02 Å². The molecule has 1 N–H and O–H groups in total. The van der Waals surface area contributed by atoms with E-state index >= 15 is 0 Å². The number of halogens is 3. The first-order chi connectivity index (χ1) is 15.4. The zero-order valence-electron chi connectivity index (χ0n) is 19.2. The molecular weight excluding hydrogens is 478 g/mol. The molecule has 0 fully saturated rings. The van der Waals surface area contributed by atoms with E-state index in [0.717, 1.165) is 57.4 Å². The first kappa shape index (κ1) is 27.0. The number of benzene rings is 2. The summed E-state index contributed by atoms with van der Waals surface area (Å²) < 4.78 is 18.8. The lowest BCUT2D eigenvalue weighted by Crippen LogP contribution is -2.26. The smallest absolute Gasteiger partial charge is 0.184 e. The minimum absolute atomic E-state index is 0. The van der Waals surface area contributed by atoms with Crippen molar-refractivity contribution >= 4 is 40.5 Å².